The van der Waals surface area contributed by atoms with E-state index < -0.39 is 6.04 Å². The largest absolute Gasteiger partial charge is 0.354 e. The first-order valence-electron chi connectivity index (χ1n) is 11.3. The molecule has 0 heterocycles. The summed E-state index contributed by atoms with van der Waals surface area (Å²) in [6.07, 6.45) is 1.01. The Balaban J connectivity index is 2.04. The lowest BCUT2D eigenvalue weighted by Gasteiger charge is -2.32. The normalized spacial score (nSPS) is 11.7. The summed E-state index contributed by atoms with van der Waals surface area (Å²) in [5.41, 5.74) is 1.99. The van der Waals surface area contributed by atoms with Crippen LogP contribution in [0.15, 0.2) is 66.7 Å². The summed E-state index contributed by atoms with van der Waals surface area (Å²) in [6, 6.07) is 19.0. The average molecular weight is 552 g/mol. The van der Waals surface area contributed by atoms with Crippen molar-refractivity contribution in [2.24, 2.45) is 0 Å². The van der Waals surface area contributed by atoms with Crippen LogP contribution >= 0.6 is 46.4 Å². The number of hydrogen-bond donors (Lipinski definition) is 1. The molecule has 0 aliphatic carbocycles. The number of carbonyl (C=O) groups excluding carboxylic acids is 2. The first-order valence-corrected chi connectivity index (χ1v) is 12.8. The lowest BCUT2D eigenvalue weighted by atomic mass is 10.0. The molecule has 3 aromatic rings. The van der Waals surface area contributed by atoms with Crippen molar-refractivity contribution in [1.29, 1.82) is 0 Å². The fourth-order valence-corrected chi connectivity index (χ4v) is 4.78. The molecule has 0 spiro atoms. The summed E-state index contributed by atoms with van der Waals surface area (Å²) >= 11 is 25.6. The van der Waals surface area contributed by atoms with Gasteiger partial charge >= 0.3 is 0 Å². The molecule has 35 heavy (non-hydrogen) atoms. The molecule has 0 saturated carbocycles. The van der Waals surface area contributed by atoms with Crippen LogP contribution < -0.4 is 5.32 Å². The van der Waals surface area contributed by atoms with E-state index in [4.69, 9.17) is 46.4 Å². The molecule has 1 N–H and O–H groups in total. The van der Waals surface area contributed by atoms with E-state index in [0.717, 1.165) is 12.0 Å². The van der Waals surface area contributed by atoms with Gasteiger partial charge in [-0.25, -0.2) is 0 Å². The molecule has 0 radical (unpaired) electrons. The highest BCUT2D eigenvalue weighted by molar-refractivity contribution is 6.36. The van der Waals surface area contributed by atoms with Crippen LogP contribution in [-0.2, 0) is 29.0 Å². The minimum Gasteiger partial charge on any atom is -0.354 e. The molecule has 2 amide bonds. The molecule has 0 aliphatic rings. The number of halogens is 4. The van der Waals surface area contributed by atoms with Gasteiger partial charge in [0, 0.05) is 45.2 Å². The second-order valence-electron chi connectivity index (χ2n) is 8.10. The highest BCUT2D eigenvalue weighted by Gasteiger charge is 2.31. The fraction of sp³-hybridized carbons (Fsp3) is 0.259. The first-order chi connectivity index (χ1) is 16.8. The van der Waals surface area contributed by atoms with Crippen LogP contribution in [0.1, 0.15) is 30.0 Å². The van der Waals surface area contributed by atoms with Gasteiger partial charge in [-0.3, -0.25) is 9.59 Å². The van der Waals surface area contributed by atoms with Crippen LogP contribution in [-0.4, -0.2) is 29.3 Å². The average Bonchev–Trinajstić information content (AvgIpc) is 2.84. The van der Waals surface area contributed by atoms with Gasteiger partial charge in [-0.2, -0.15) is 0 Å². The Hall–Kier alpha value is -2.24. The van der Waals surface area contributed by atoms with Gasteiger partial charge in [0.25, 0.3) is 0 Å². The first kappa shape index (κ1) is 27.3. The van der Waals surface area contributed by atoms with E-state index in [1.807, 2.05) is 37.3 Å². The van der Waals surface area contributed by atoms with Crippen LogP contribution in [0.2, 0.25) is 20.1 Å². The Morgan fingerprint density at radius 1 is 0.800 bits per heavy atom. The Morgan fingerprint density at radius 3 is 1.89 bits per heavy atom. The molecular weight excluding hydrogens is 526 g/mol. The van der Waals surface area contributed by atoms with Gasteiger partial charge in [-0.05, 0) is 41.8 Å². The van der Waals surface area contributed by atoms with Crippen molar-refractivity contribution in [3.05, 3.63) is 104 Å². The number of rotatable bonds is 10. The monoisotopic (exact) mass is 550 g/mol. The van der Waals surface area contributed by atoms with Crippen molar-refractivity contribution < 1.29 is 9.59 Å². The third kappa shape index (κ3) is 7.37. The highest BCUT2D eigenvalue weighted by Crippen LogP contribution is 2.29. The van der Waals surface area contributed by atoms with Gasteiger partial charge in [0.05, 0.1) is 6.42 Å². The predicted molar refractivity (Wildman–Crippen MR) is 144 cm³/mol. The van der Waals surface area contributed by atoms with Crippen molar-refractivity contribution in [1.82, 2.24) is 10.2 Å². The maximum absolute atomic E-state index is 13.8. The SMILES string of the molecule is CCCNC(=O)[C@@H](Cc1ccccc1)N(Cc1c(Cl)cccc1Cl)C(=O)Cc1c(Cl)cccc1Cl. The van der Waals surface area contributed by atoms with Crippen LogP contribution in [0.5, 0.6) is 0 Å². The Labute approximate surface area is 226 Å². The van der Waals surface area contributed by atoms with E-state index in [0.29, 0.717) is 44.2 Å². The minimum atomic E-state index is -0.801. The zero-order chi connectivity index (χ0) is 25.4. The Morgan fingerprint density at radius 2 is 1.34 bits per heavy atom. The molecule has 8 heteroatoms. The van der Waals surface area contributed by atoms with E-state index in [1.165, 1.54) is 4.90 Å². The number of nitrogens with zero attached hydrogens (tertiary/aromatic N) is 1. The topological polar surface area (TPSA) is 49.4 Å². The van der Waals surface area contributed by atoms with Gasteiger partial charge in [0.2, 0.25) is 11.8 Å². The molecule has 0 aliphatic heterocycles. The molecule has 0 unspecified atom stereocenters. The second kappa shape index (κ2) is 13.2. The predicted octanol–water partition coefficient (Wildman–Crippen LogP) is 7.01. The van der Waals surface area contributed by atoms with Crippen LogP contribution in [0.4, 0.5) is 0 Å². The Bertz CT molecular complexity index is 1130. The summed E-state index contributed by atoms with van der Waals surface area (Å²) in [7, 11) is 0. The van der Waals surface area contributed by atoms with Gasteiger partial charge < -0.3 is 10.2 Å². The van der Waals surface area contributed by atoms with Crippen molar-refractivity contribution >= 4 is 58.2 Å². The maximum atomic E-state index is 13.8. The third-order valence-electron chi connectivity index (χ3n) is 5.60. The van der Waals surface area contributed by atoms with Crippen molar-refractivity contribution in [2.45, 2.75) is 38.8 Å². The third-order valence-corrected chi connectivity index (χ3v) is 7.02. The van der Waals surface area contributed by atoms with E-state index in [2.05, 4.69) is 5.32 Å². The highest BCUT2D eigenvalue weighted by atomic mass is 35.5. The molecule has 0 aromatic heterocycles. The smallest absolute Gasteiger partial charge is 0.243 e. The fourth-order valence-electron chi connectivity index (χ4n) is 3.73. The van der Waals surface area contributed by atoms with Crippen molar-refractivity contribution in [2.75, 3.05) is 6.54 Å². The number of amides is 2. The zero-order valence-electron chi connectivity index (χ0n) is 19.2. The van der Waals surface area contributed by atoms with Gasteiger partial charge in [-0.1, -0.05) is 95.8 Å². The number of hydrogen-bond acceptors (Lipinski definition) is 2. The van der Waals surface area contributed by atoms with E-state index in [1.54, 1.807) is 36.4 Å². The van der Waals surface area contributed by atoms with Crippen molar-refractivity contribution in [3.63, 3.8) is 0 Å². The van der Waals surface area contributed by atoms with Gasteiger partial charge in [0.1, 0.15) is 6.04 Å². The molecule has 0 saturated heterocycles. The molecule has 0 fully saturated rings. The number of benzene rings is 3. The van der Waals surface area contributed by atoms with Crippen molar-refractivity contribution in [3.8, 4) is 0 Å². The second-order valence-corrected chi connectivity index (χ2v) is 9.72. The summed E-state index contributed by atoms with van der Waals surface area (Å²) in [6.45, 7) is 2.52. The molecule has 0 bridgehead atoms. The molecule has 1 atom stereocenters. The summed E-state index contributed by atoms with van der Waals surface area (Å²) < 4.78 is 0. The lowest BCUT2D eigenvalue weighted by molar-refractivity contribution is -0.140. The summed E-state index contributed by atoms with van der Waals surface area (Å²) in [5.74, 6) is -0.568. The van der Waals surface area contributed by atoms with Crippen LogP contribution in [0, 0.1) is 0 Å². The minimum absolute atomic E-state index is 0.0520. The zero-order valence-corrected chi connectivity index (χ0v) is 22.3. The van der Waals surface area contributed by atoms with E-state index >= 15 is 0 Å². The van der Waals surface area contributed by atoms with Crippen LogP contribution in [0.25, 0.3) is 0 Å². The standard InChI is InChI=1S/C27H26Cl4N2O2/c1-2-14-32-27(35)25(15-18-8-4-3-5-9-18)33(17-20-23(30)12-7-13-24(20)31)26(34)16-19-21(28)10-6-11-22(19)29/h3-13,25H,2,14-17H2,1H3,(H,32,35)/t25-/m1/s1. The lowest BCUT2D eigenvalue weighted by Crippen LogP contribution is -2.51. The van der Waals surface area contributed by atoms with E-state index in [9.17, 15) is 9.59 Å². The van der Waals surface area contributed by atoms with Gasteiger partial charge in [-0.15, -0.1) is 0 Å². The Kier molecular flexibility index (Phi) is 10.3. The molecule has 184 valence electrons. The van der Waals surface area contributed by atoms with E-state index in [-0.39, 0.29) is 24.8 Å². The molecular formula is C27H26Cl4N2O2. The number of carbonyl (C=O) groups is 2. The summed E-state index contributed by atoms with van der Waals surface area (Å²) in [4.78, 5) is 28.7. The maximum Gasteiger partial charge on any atom is 0.243 e. The molecule has 3 rings (SSSR count). The number of nitrogens with one attached hydrogen (secondary N) is 1. The summed E-state index contributed by atoms with van der Waals surface area (Å²) in [5, 5.41) is 4.54. The molecule has 4 nitrogen and oxygen atoms in total. The van der Waals surface area contributed by atoms with Gasteiger partial charge in [0.15, 0.2) is 0 Å². The molecule has 3 aromatic carbocycles. The quantitative estimate of drug-likeness (QED) is 0.294. The van der Waals surface area contributed by atoms with Crippen LogP contribution in [0.3, 0.4) is 0 Å².